The molecule has 0 fully saturated rings. The number of ether oxygens (including phenoxy) is 1. The van der Waals surface area contributed by atoms with E-state index in [1.165, 1.54) is 30.6 Å². The van der Waals surface area contributed by atoms with Crippen molar-refractivity contribution in [3.8, 4) is 0 Å². The summed E-state index contributed by atoms with van der Waals surface area (Å²) in [5.74, 6) is -0.987. The predicted molar refractivity (Wildman–Crippen MR) is 117 cm³/mol. The number of halogens is 1. The molecule has 0 saturated heterocycles. The number of esters is 1. The van der Waals surface area contributed by atoms with E-state index in [-0.39, 0.29) is 16.8 Å². The van der Waals surface area contributed by atoms with E-state index in [0.717, 1.165) is 5.56 Å². The molecule has 2 rings (SSSR count). The lowest BCUT2D eigenvalue weighted by Crippen LogP contribution is -2.30. The molecule has 0 atom stereocenters. The molecule has 0 radical (unpaired) electrons. The molecule has 2 N–H and O–H groups in total. The number of thiocarbonyl (C=S) groups is 1. The van der Waals surface area contributed by atoms with Crippen molar-refractivity contribution < 1.29 is 18.7 Å². The van der Waals surface area contributed by atoms with Gasteiger partial charge in [0.05, 0.1) is 17.6 Å². The molecule has 0 aliphatic heterocycles. The third-order valence-corrected chi connectivity index (χ3v) is 5.82. The van der Waals surface area contributed by atoms with Crippen LogP contribution in [-0.4, -0.2) is 42.1 Å². The maximum absolute atomic E-state index is 13.0. The quantitative estimate of drug-likeness (QED) is 0.505. The first kappa shape index (κ1) is 22.8. The second-order valence-electron chi connectivity index (χ2n) is 6.16. The number of carbonyl (C=O) groups excluding carboxylic acids is 2. The van der Waals surface area contributed by atoms with Gasteiger partial charge in [-0.05, 0) is 56.2 Å². The van der Waals surface area contributed by atoms with Gasteiger partial charge in [0.25, 0.3) is 5.91 Å². The van der Waals surface area contributed by atoms with Gasteiger partial charge in [-0.2, -0.15) is 0 Å². The number of benzene rings is 1. The van der Waals surface area contributed by atoms with Gasteiger partial charge in [-0.1, -0.05) is 12.1 Å². The maximum atomic E-state index is 13.0. The zero-order valence-corrected chi connectivity index (χ0v) is 18.4. The molecule has 0 spiro atoms. The molecule has 0 saturated carbocycles. The maximum Gasteiger partial charge on any atom is 0.341 e. The third kappa shape index (κ3) is 5.51. The van der Waals surface area contributed by atoms with Crippen LogP contribution in [0.3, 0.4) is 0 Å². The van der Waals surface area contributed by atoms with E-state index in [9.17, 15) is 14.0 Å². The molecule has 9 heteroatoms. The van der Waals surface area contributed by atoms with Crippen molar-refractivity contribution in [2.24, 2.45) is 0 Å². The molecular formula is C20H24FN3O3S2. The summed E-state index contributed by atoms with van der Waals surface area (Å²) in [7, 11) is 1.29. The van der Waals surface area contributed by atoms with Gasteiger partial charge in [-0.3, -0.25) is 4.79 Å². The van der Waals surface area contributed by atoms with Crippen LogP contribution >= 0.6 is 23.6 Å². The van der Waals surface area contributed by atoms with E-state index in [0.29, 0.717) is 40.6 Å². The number of hydrogen-bond acceptors (Lipinski definition) is 5. The molecule has 0 unspecified atom stereocenters. The summed E-state index contributed by atoms with van der Waals surface area (Å²) >= 11 is 6.49. The van der Waals surface area contributed by atoms with Crippen LogP contribution in [0.15, 0.2) is 24.3 Å². The minimum atomic E-state index is -0.541. The number of methoxy groups -OCH3 is 1. The Hall–Kier alpha value is -2.52. The molecule has 1 aromatic carbocycles. The summed E-state index contributed by atoms with van der Waals surface area (Å²) in [6, 6.07) is 6.05. The van der Waals surface area contributed by atoms with Gasteiger partial charge >= 0.3 is 5.97 Å². The van der Waals surface area contributed by atoms with E-state index in [1.54, 1.807) is 24.0 Å². The largest absolute Gasteiger partial charge is 0.465 e. The van der Waals surface area contributed by atoms with E-state index >= 15 is 0 Å². The van der Waals surface area contributed by atoms with E-state index < -0.39 is 5.97 Å². The highest BCUT2D eigenvalue weighted by atomic mass is 32.1. The summed E-state index contributed by atoms with van der Waals surface area (Å²) in [6.45, 7) is 7.05. The molecule has 0 bridgehead atoms. The van der Waals surface area contributed by atoms with Gasteiger partial charge in [-0.15, -0.1) is 11.3 Å². The molecule has 29 heavy (non-hydrogen) atoms. The highest BCUT2D eigenvalue weighted by Crippen LogP contribution is 2.34. The number of hydrogen-bond donors (Lipinski definition) is 2. The third-order valence-electron chi connectivity index (χ3n) is 4.37. The molecule has 156 valence electrons. The first-order chi connectivity index (χ1) is 13.8. The van der Waals surface area contributed by atoms with Crippen molar-refractivity contribution in [3.63, 3.8) is 0 Å². The summed E-state index contributed by atoms with van der Waals surface area (Å²) in [5, 5.41) is 6.73. The van der Waals surface area contributed by atoms with Gasteiger partial charge in [0.15, 0.2) is 5.11 Å². The van der Waals surface area contributed by atoms with Gasteiger partial charge in [-0.25, -0.2) is 9.18 Å². The fourth-order valence-corrected chi connectivity index (χ4v) is 4.15. The SMILES string of the molecule is CCN(CC)C(=O)c1sc(NC(=S)NCc2ccc(F)cc2)c(C(=O)OC)c1C. The Kier molecular flexibility index (Phi) is 8.10. The average Bonchev–Trinajstić information content (AvgIpc) is 3.03. The van der Waals surface area contributed by atoms with Crippen LogP contribution in [0.2, 0.25) is 0 Å². The number of carbonyl (C=O) groups is 2. The summed E-state index contributed by atoms with van der Waals surface area (Å²) in [4.78, 5) is 27.3. The van der Waals surface area contributed by atoms with Gasteiger partial charge in [0, 0.05) is 19.6 Å². The van der Waals surface area contributed by atoms with Crippen LogP contribution in [0.5, 0.6) is 0 Å². The highest BCUT2D eigenvalue weighted by molar-refractivity contribution is 7.80. The molecule has 6 nitrogen and oxygen atoms in total. The van der Waals surface area contributed by atoms with Crippen molar-refractivity contribution in [1.29, 1.82) is 0 Å². The lowest BCUT2D eigenvalue weighted by atomic mass is 10.1. The van der Waals surface area contributed by atoms with Crippen LogP contribution in [0.1, 0.15) is 45.0 Å². The second kappa shape index (κ2) is 10.3. The van der Waals surface area contributed by atoms with E-state index in [1.807, 2.05) is 13.8 Å². The Labute approximate surface area is 179 Å². The summed E-state index contributed by atoms with van der Waals surface area (Å²) < 4.78 is 17.9. The Morgan fingerprint density at radius 3 is 2.38 bits per heavy atom. The topological polar surface area (TPSA) is 70.7 Å². The van der Waals surface area contributed by atoms with Crippen molar-refractivity contribution in [1.82, 2.24) is 10.2 Å². The standard InChI is InChI=1S/C20H24FN3O3S2/c1-5-24(6-2)18(25)16-12(3)15(19(26)27-4)17(29-16)23-20(28)22-11-13-7-9-14(21)10-8-13/h7-10H,5-6,11H2,1-4H3,(H2,22,23,28). The van der Waals surface area contributed by atoms with Crippen molar-refractivity contribution in [3.05, 3.63) is 51.7 Å². The molecule has 0 aliphatic rings. The fraction of sp³-hybridized carbons (Fsp3) is 0.350. The van der Waals surface area contributed by atoms with Crippen LogP contribution in [0.4, 0.5) is 9.39 Å². The van der Waals surface area contributed by atoms with Gasteiger partial charge in [0.2, 0.25) is 0 Å². The van der Waals surface area contributed by atoms with E-state index in [2.05, 4.69) is 10.6 Å². The minimum Gasteiger partial charge on any atom is -0.465 e. The zero-order chi connectivity index (χ0) is 21.6. The molecule has 1 heterocycles. The number of nitrogens with zero attached hydrogens (tertiary/aromatic N) is 1. The van der Waals surface area contributed by atoms with Crippen molar-refractivity contribution in [2.45, 2.75) is 27.3 Å². The Bertz CT molecular complexity index is 893. The van der Waals surface area contributed by atoms with E-state index in [4.69, 9.17) is 17.0 Å². The Morgan fingerprint density at radius 2 is 1.83 bits per heavy atom. The number of thiophene rings is 1. The van der Waals surface area contributed by atoms with Crippen molar-refractivity contribution >= 4 is 45.5 Å². The van der Waals surface area contributed by atoms with Gasteiger partial charge in [0.1, 0.15) is 10.8 Å². The molecule has 0 aliphatic carbocycles. The fourth-order valence-electron chi connectivity index (χ4n) is 2.74. The predicted octanol–water partition coefficient (Wildman–Crippen LogP) is 3.95. The number of rotatable bonds is 7. The zero-order valence-electron chi connectivity index (χ0n) is 16.8. The lowest BCUT2D eigenvalue weighted by molar-refractivity contribution is 0.0601. The van der Waals surface area contributed by atoms with Crippen molar-refractivity contribution in [2.75, 3.05) is 25.5 Å². The second-order valence-corrected chi connectivity index (χ2v) is 7.59. The van der Waals surface area contributed by atoms with Gasteiger partial charge < -0.3 is 20.3 Å². The molecule has 2 aromatic rings. The number of amides is 1. The Morgan fingerprint density at radius 1 is 1.21 bits per heavy atom. The average molecular weight is 438 g/mol. The Balaban J connectivity index is 2.22. The normalized spacial score (nSPS) is 10.4. The number of nitrogens with one attached hydrogen (secondary N) is 2. The molecule has 1 aromatic heterocycles. The first-order valence-electron chi connectivity index (χ1n) is 9.12. The monoisotopic (exact) mass is 437 g/mol. The minimum absolute atomic E-state index is 0.138. The van der Waals surface area contributed by atoms with Crippen LogP contribution in [0, 0.1) is 12.7 Å². The lowest BCUT2D eigenvalue weighted by Gasteiger charge is -2.17. The van der Waals surface area contributed by atoms with Crippen LogP contribution in [0.25, 0.3) is 0 Å². The smallest absolute Gasteiger partial charge is 0.341 e. The van der Waals surface area contributed by atoms with Crippen LogP contribution in [-0.2, 0) is 11.3 Å². The molecular weight excluding hydrogens is 413 g/mol. The molecule has 1 amide bonds. The number of anilines is 1. The highest BCUT2D eigenvalue weighted by Gasteiger charge is 2.27. The summed E-state index contributed by atoms with van der Waals surface area (Å²) in [5.41, 5.74) is 1.70. The van der Waals surface area contributed by atoms with Crippen LogP contribution < -0.4 is 10.6 Å². The first-order valence-corrected chi connectivity index (χ1v) is 10.3. The summed E-state index contributed by atoms with van der Waals surface area (Å²) in [6.07, 6.45) is 0.